The van der Waals surface area contributed by atoms with Crippen LogP contribution in [-0.2, 0) is 12.8 Å². The van der Waals surface area contributed by atoms with Gasteiger partial charge in [0.2, 0.25) is 0 Å². The molecule has 0 aliphatic carbocycles. The standard InChI is InChI=1S/C48H92N2/c1-3-5-7-9-11-13-15-17-19-21-23-25-27-29-31-33-35-37-39-41-43-47-45-48(50-46-49-47)44-42-40-38-36-34-32-30-28-26-24-22-20-18-16-14-12-10-8-6-4-2/h45-46H,3-44H2,1-2H3. The molecule has 0 aliphatic heterocycles. The third-order valence-corrected chi connectivity index (χ3v) is 11.4. The van der Waals surface area contributed by atoms with Crippen LogP contribution in [0.3, 0.4) is 0 Å². The Balaban J connectivity index is 1.80. The summed E-state index contributed by atoms with van der Waals surface area (Å²) in [6.45, 7) is 4.61. The molecule has 1 aromatic heterocycles. The van der Waals surface area contributed by atoms with Crippen molar-refractivity contribution >= 4 is 0 Å². The molecule has 0 N–H and O–H groups in total. The molecule has 2 nitrogen and oxygen atoms in total. The van der Waals surface area contributed by atoms with Crippen molar-refractivity contribution in [3.63, 3.8) is 0 Å². The van der Waals surface area contributed by atoms with Crippen LogP contribution in [0.4, 0.5) is 0 Å². The van der Waals surface area contributed by atoms with Crippen LogP contribution in [0.15, 0.2) is 12.4 Å². The number of hydrogen-bond donors (Lipinski definition) is 0. The average molecular weight is 697 g/mol. The molecule has 294 valence electrons. The van der Waals surface area contributed by atoms with Gasteiger partial charge in [0.15, 0.2) is 0 Å². The normalized spacial score (nSPS) is 11.6. The zero-order valence-electron chi connectivity index (χ0n) is 34.7. The highest BCUT2D eigenvalue weighted by Gasteiger charge is 2.02. The Bertz CT molecular complexity index is 701. The maximum Gasteiger partial charge on any atom is 0.115 e. The first-order chi connectivity index (χ1) is 24.9. The molecule has 0 bridgehead atoms. The SMILES string of the molecule is CCCCCCCCCCCCCCCCCCCCCCc1cc(CCCCCCCCCCCCCCCCCCCCCC)ncn1. The van der Waals surface area contributed by atoms with Crippen LogP contribution in [0.2, 0.25) is 0 Å². The van der Waals surface area contributed by atoms with Gasteiger partial charge in [0.05, 0.1) is 0 Å². The van der Waals surface area contributed by atoms with Crippen LogP contribution in [-0.4, -0.2) is 9.97 Å². The van der Waals surface area contributed by atoms with E-state index in [9.17, 15) is 0 Å². The third kappa shape index (κ3) is 35.5. The van der Waals surface area contributed by atoms with E-state index in [0.717, 1.165) is 12.8 Å². The minimum absolute atomic E-state index is 1.13. The Hall–Kier alpha value is -0.920. The zero-order chi connectivity index (χ0) is 35.7. The lowest BCUT2D eigenvalue weighted by molar-refractivity contribution is 0.521. The van der Waals surface area contributed by atoms with Crippen molar-refractivity contribution < 1.29 is 0 Å². The molecule has 0 aromatic carbocycles. The van der Waals surface area contributed by atoms with Crippen molar-refractivity contribution in [1.82, 2.24) is 9.97 Å². The summed E-state index contributed by atoms with van der Waals surface area (Å²) in [6, 6.07) is 2.30. The molecule has 0 aliphatic rings. The fourth-order valence-corrected chi connectivity index (χ4v) is 7.84. The topological polar surface area (TPSA) is 25.8 Å². The monoisotopic (exact) mass is 697 g/mol. The second-order valence-electron chi connectivity index (χ2n) is 16.4. The molecule has 0 saturated heterocycles. The number of rotatable bonds is 42. The van der Waals surface area contributed by atoms with Gasteiger partial charge in [0.1, 0.15) is 6.33 Å². The van der Waals surface area contributed by atoms with E-state index >= 15 is 0 Å². The van der Waals surface area contributed by atoms with E-state index in [2.05, 4.69) is 29.9 Å². The zero-order valence-corrected chi connectivity index (χ0v) is 34.7. The van der Waals surface area contributed by atoms with Crippen LogP contribution >= 0.6 is 0 Å². The van der Waals surface area contributed by atoms with E-state index < -0.39 is 0 Å². The molecule has 0 fully saturated rings. The summed E-state index contributed by atoms with van der Waals surface area (Å²) >= 11 is 0. The van der Waals surface area contributed by atoms with Gasteiger partial charge < -0.3 is 0 Å². The Labute approximate surface area is 316 Å². The van der Waals surface area contributed by atoms with Crippen molar-refractivity contribution in [2.45, 2.75) is 284 Å². The summed E-state index contributed by atoms with van der Waals surface area (Å²) in [5.41, 5.74) is 2.54. The highest BCUT2D eigenvalue weighted by molar-refractivity contribution is 5.08. The highest BCUT2D eigenvalue weighted by atomic mass is 14.8. The van der Waals surface area contributed by atoms with Gasteiger partial charge in [-0.15, -0.1) is 0 Å². The van der Waals surface area contributed by atoms with Gasteiger partial charge >= 0.3 is 0 Å². The summed E-state index contributed by atoms with van der Waals surface area (Å²) in [6.07, 6.45) is 61.7. The molecule has 0 unspecified atom stereocenters. The lowest BCUT2D eigenvalue weighted by atomic mass is 10.0. The number of aryl methyl sites for hydroxylation is 2. The first kappa shape index (κ1) is 47.1. The maximum atomic E-state index is 4.58. The summed E-state index contributed by atoms with van der Waals surface area (Å²) in [5.74, 6) is 0. The van der Waals surface area contributed by atoms with Gasteiger partial charge in [-0.05, 0) is 31.7 Å². The molecule has 1 aromatic rings. The molecule has 0 saturated carbocycles. The first-order valence-electron chi connectivity index (χ1n) is 23.7. The van der Waals surface area contributed by atoms with E-state index in [4.69, 9.17) is 0 Å². The van der Waals surface area contributed by atoms with Crippen LogP contribution in [0, 0.1) is 0 Å². The lowest BCUT2D eigenvalue weighted by Crippen LogP contribution is -1.97. The van der Waals surface area contributed by atoms with E-state index in [1.54, 1.807) is 0 Å². The van der Waals surface area contributed by atoms with Crippen molar-refractivity contribution in [2.24, 2.45) is 0 Å². The first-order valence-corrected chi connectivity index (χ1v) is 23.7. The quantitative estimate of drug-likeness (QED) is 0.0636. The highest BCUT2D eigenvalue weighted by Crippen LogP contribution is 2.17. The van der Waals surface area contributed by atoms with Crippen molar-refractivity contribution in [1.29, 1.82) is 0 Å². The number of unbranched alkanes of at least 4 members (excludes halogenated alkanes) is 38. The van der Waals surface area contributed by atoms with Crippen molar-refractivity contribution in [3.8, 4) is 0 Å². The Kier molecular flexibility index (Phi) is 38.5. The Morgan fingerprint density at radius 3 is 0.640 bits per heavy atom. The smallest absolute Gasteiger partial charge is 0.115 e. The third-order valence-electron chi connectivity index (χ3n) is 11.4. The minimum Gasteiger partial charge on any atom is -0.241 e. The lowest BCUT2D eigenvalue weighted by Gasteiger charge is -2.06. The van der Waals surface area contributed by atoms with Crippen LogP contribution in [0.1, 0.15) is 282 Å². The molecule has 0 amide bonds. The summed E-state index contributed by atoms with van der Waals surface area (Å²) in [5, 5.41) is 0. The number of nitrogens with zero attached hydrogens (tertiary/aromatic N) is 2. The molecule has 2 heteroatoms. The molecule has 0 radical (unpaired) electrons. The molecule has 50 heavy (non-hydrogen) atoms. The fourth-order valence-electron chi connectivity index (χ4n) is 7.84. The molecule has 0 atom stereocenters. The summed E-state index contributed by atoms with van der Waals surface area (Å²) < 4.78 is 0. The summed E-state index contributed by atoms with van der Waals surface area (Å²) in [7, 11) is 0. The second kappa shape index (κ2) is 40.8. The van der Waals surface area contributed by atoms with Crippen LogP contribution < -0.4 is 0 Å². The van der Waals surface area contributed by atoms with Gasteiger partial charge in [0, 0.05) is 11.4 Å². The Morgan fingerprint density at radius 1 is 0.260 bits per heavy atom. The van der Waals surface area contributed by atoms with Gasteiger partial charge in [-0.25, -0.2) is 9.97 Å². The van der Waals surface area contributed by atoms with Gasteiger partial charge in [-0.2, -0.15) is 0 Å². The Morgan fingerprint density at radius 2 is 0.440 bits per heavy atom. The molecule has 1 heterocycles. The van der Waals surface area contributed by atoms with Gasteiger partial charge in [-0.1, -0.05) is 258 Å². The second-order valence-corrected chi connectivity index (χ2v) is 16.4. The number of aromatic nitrogens is 2. The van der Waals surface area contributed by atoms with E-state index in [1.807, 2.05) is 6.33 Å². The number of hydrogen-bond acceptors (Lipinski definition) is 2. The average Bonchev–Trinajstić information content (AvgIpc) is 3.13. The van der Waals surface area contributed by atoms with Crippen LogP contribution in [0.5, 0.6) is 0 Å². The van der Waals surface area contributed by atoms with Crippen LogP contribution in [0.25, 0.3) is 0 Å². The molecule has 0 spiro atoms. The molecular formula is C48H92N2. The molecular weight excluding hydrogens is 605 g/mol. The maximum absolute atomic E-state index is 4.58. The largest absolute Gasteiger partial charge is 0.241 e. The van der Waals surface area contributed by atoms with Crippen molar-refractivity contribution in [2.75, 3.05) is 0 Å². The predicted octanol–water partition coefficient (Wildman–Crippen LogP) is 17.2. The molecule has 1 rings (SSSR count). The summed E-state index contributed by atoms with van der Waals surface area (Å²) in [4.78, 5) is 9.17. The predicted molar refractivity (Wildman–Crippen MR) is 225 cm³/mol. The minimum atomic E-state index is 1.13. The van der Waals surface area contributed by atoms with E-state index in [1.165, 1.54) is 268 Å². The fraction of sp³-hybridized carbons (Fsp3) is 0.917. The van der Waals surface area contributed by atoms with Gasteiger partial charge in [-0.3, -0.25) is 0 Å². The van der Waals surface area contributed by atoms with E-state index in [0.29, 0.717) is 0 Å². The van der Waals surface area contributed by atoms with Gasteiger partial charge in [0.25, 0.3) is 0 Å². The van der Waals surface area contributed by atoms with Crippen molar-refractivity contribution in [3.05, 3.63) is 23.8 Å². The van der Waals surface area contributed by atoms with E-state index in [-0.39, 0.29) is 0 Å².